The van der Waals surface area contributed by atoms with Gasteiger partial charge in [-0.25, -0.2) is 8.78 Å². The Labute approximate surface area is 172 Å². The molecule has 4 rings (SSSR count). The van der Waals surface area contributed by atoms with Gasteiger partial charge in [0.25, 0.3) is 5.56 Å². The fourth-order valence-electron chi connectivity index (χ4n) is 3.14. The van der Waals surface area contributed by atoms with E-state index in [1.165, 1.54) is 10.6 Å². The van der Waals surface area contributed by atoms with Crippen LogP contribution in [0.15, 0.2) is 59.7 Å². The van der Waals surface area contributed by atoms with E-state index in [9.17, 15) is 13.6 Å². The summed E-state index contributed by atoms with van der Waals surface area (Å²) in [4.78, 5) is 15.5. The number of aromatic nitrogens is 2. The Balaban J connectivity index is 0.00000124. The van der Waals surface area contributed by atoms with Crippen LogP contribution < -0.4 is 15.6 Å². The molecule has 30 heavy (non-hydrogen) atoms. The second-order valence-corrected chi connectivity index (χ2v) is 6.36. The van der Waals surface area contributed by atoms with E-state index in [4.69, 9.17) is 4.74 Å². The molecule has 0 aliphatic rings. The molecule has 0 saturated carbocycles. The van der Waals surface area contributed by atoms with Crippen LogP contribution in [0.4, 0.5) is 14.5 Å². The zero-order valence-electron chi connectivity index (χ0n) is 17.2. The summed E-state index contributed by atoms with van der Waals surface area (Å²) in [6, 6.07) is 10.2. The van der Waals surface area contributed by atoms with Crippen LogP contribution in [0.2, 0.25) is 0 Å². The summed E-state index contributed by atoms with van der Waals surface area (Å²) >= 11 is 0. The van der Waals surface area contributed by atoms with E-state index in [1.54, 1.807) is 44.7 Å². The minimum atomic E-state index is -0.797. The van der Waals surface area contributed by atoms with Crippen LogP contribution in [0.5, 0.6) is 11.5 Å². The van der Waals surface area contributed by atoms with Crippen molar-refractivity contribution < 1.29 is 13.5 Å². The second kappa shape index (κ2) is 8.82. The molecule has 156 valence electrons. The fraction of sp³-hybridized carbons (Fsp3) is 0.174. The predicted octanol–water partition coefficient (Wildman–Crippen LogP) is 5.67. The highest BCUT2D eigenvalue weighted by Gasteiger charge is 2.16. The quantitative estimate of drug-likeness (QED) is 0.455. The monoisotopic (exact) mass is 411 g/mol. The number of hydrogen-bond donors (Lipinski definition) is 2. The van der Waals surface area contributed by atoms with Crippen molar-refractivity contribution in [3.8, 4) is 22.6 Å². The van der Waals surface area contributed by atoms with Crippen LogP contribution in [0.25, 0.3) is 22.0 Å². The molecule has 0 atom stereocenters. The van der Waals surface area contributed by atoms with Gasteiger partial charge in [0.15, 0.2) is 11.6 Å². The number of fused-ring (bicyclic) bond motifs is 1. The van der Waals surface area contributed by atoms with E-state index >= 15 is 0 Å². The van der Waals surface area contributed by atoms with Crippen LogP contribution in [-0.4, -0.2) is 16.6 Å². The largest absolute Gasteiger partial charge is 0.454 e. The van der Waals surface area contributed by atoms with Crippen molar-refractivity contribution in [3.63, 3.8) is 0 Å². The standard InChI is InChI=1S/C21H17F2N3O2.C2H6/c1-24-13-4-6-18(28-19-5-3-12(22)9-17(19)23)15(10-13)16-11-26(2)21(27)14-7-8-25-20(14)16;1-2/h3-11,24-25H,1-2H3;1-2H3. The average Bonchev–Trinajstić information content (AvgIpc) is 3.25. The lowest BCUT2D eigenvalue weighted by Gasteiger charge is -2.15. The number of pyridine rings is 1. The van der Waals surface area contributed by atoms with Gasteiger partial charge in [-0.3, -0.25) is 4.79 Å². The number of ether oxygens (including phenoxy) is 1. The van der Waals surface area contributed by atoms with Gasteiger partial charge in [-0.05, 0) is 36.4 Å². The van der Waals surface area contributed by atoms with Crippen molar-refractivity contribution in [1.29, 1.82) is 0 Å². The second-order valence-electron chi connectivity index (χ2n) is 6.36. The first kappa shape index (κ1) is 21.1. The van der Waals surface area contributed by atoms with Gasteiger partial charge in [-0.15, -0.1) is 0 Å². The minimum Gasteiger partial charge on any atom is -0.454 e. The zero-order valence-corrected chi connectivity index (χ0v) is 17.2. The molecular weight excluding hydrogens is 388 g/mol. The Bertz CT molecular complexity index is 1250. The summed E-state index contributed by atoms with van der Waals surface area (Å²) in [5.41, 5.74) is 2.71. The first-order valence-corrected chi connectivity index (χ1v) is 9.59. The van der Waals surface area contributed by atoms with Gasteiger partial charge < -0.3 is 19.6 Å². The Morgan fingerprint density at radius 3 is 2.43 bits per heavy atom. The number of H-pyrrole nitrogens is 1. The smallest absolute Gasteiger partial charge is 0.259 e. The summed E-state index contributed by atoms with van der Waals surface area (Å²) in [5.74, 6) is -1.19. The summed E-state index contributed by atoms with van der Waals surface area (Å²) in [6.45, 7) is 4.00. The molecule has 0 saturated heterocycles. The maximum absolute atomic E-state index is 14.1. The maximum Gasteiger partial charge on any atom is 0.259 e. The number of aryl methyl sites for hydroxylation is 1. The van der Waals surface area contributed by atoms with Crippen molar-refractivity contribution in [2.75, 3.05) is 12.4 Å². The van der Waals surface area contributed by atoms with Crippen molar-refractivity contribution in [2.24, 2.45) is 7.05 Å². The lowest BCUT2D eigenvalue weighted by molar-refractivity contribution is 0.439. The van der Waals surface area contributed by atoms with Crippen LogP contribution in [-0.2, 0) is 7.05 Å². The third-order valence-electron chi connectivity index (χ3n) is 4.56. The van der Waals surface area contributed by atoms with Gasteiger partial charge in [0.05, 0.1) is 10.9 Å². The van der Waals surface area contributed by atoms with Gasteiger partial charge in [-0.1, -0.05) is 13.8 Å². The van der Waals surface area contributed by atoms with Crippen molar-refractivity contribution in [1.82, 2.24) is 9.55 Å². The Kier molecular flexibility index (Phi) is 6.20. The number of benzene rings is 2. The summed E-state index contributed by atoms with van der Waals surface area (Å²) < 4.78 is 34.6. The molecule has 7 heteroatoms. The maximum atomic E-state index is 14.1. The van der Waals surface area contributed by atoms with Gasteiger partial charge in [0, 0.05) is 49.4 Å². The number of aromatic amines is 1. The van der Waals surface area contributed by atoms with Gasteiger partial charge >= 0.3 is 0 Å². The number of anilines is 1. The minimum absolute atomic E-state index is 0.0904. The van der Waals surface area contributed by atoms with Crippen LogP contribution in [0, 0.1) is 11.6 Å². The van der Waals surface area contributed by atoms with Crippen molar-refractivity contribution >= 4 is 16.6 Å². The number of nitrogens with zero attached hydrogens (tertiary/aromatic N) is 1. The van der Waals surface area contributed by atoms with E-state index in [0.717, 1.165) is 23.4 Å². The number of nitrogens with one attached hydrogen (secondary N) is 2. The SMILES string of the molecule is CC.CNc1ccc(Oc2ccc(F)cc2F)c(-c2cn(C)c(=O)c3cc[nH]c23)c1. The van der Waals surface area contributed by atoms with E-state index in [0.29, 0.717) is 22.2 Å². The topological polar surface area (TPSA) is 59.0 Å². The first-order valence-electron chi connectivity index (χ1n) is 9.59. The molecule has 0 radical (unpaired) electrons. The lowest BCUT2D eigenvalue weighted by atomic mass is 10.0. The fourth-order valence-corrected chi connectivity index (χ4v) is 3.14. The van der Waals surface area contributed by atoms with E-state index in [2.05, 4.69) is 10.3 Å². The summed E-state index contributed by atoms with van der Waals surface area (Å²) in [6.07, 6.45) is 3.39. The molecule has 0 amide bonds. The average molecular weight is 411 g/mol. The van der Waals surface area contributed by atoms with Crippen LogP contribution in [0.1, 0.15) is 13.8 Å². The Morgan fingerprint density at radius 2 is 1.73 bits per heavy atom. The van der Waals surface area contributed by atoms with Crippen LogP contribution in [0.3, 0.4) is 0 Å². The Hall–Kier alpha value is -3.61. The van der Waals surface area contributed by atoms with Crippen molar-refractivity contribution in [2.45, 2.75) is 13.8 Å². The number of halogens is 2. The lowest BCUT2D eigenvalue weighted by Crippen LogP contribution is -2.16. The molecule has 2 N–H and O–H groups in total. The molecule has 0 aliphatic carbocycles. The molecule has 4 aromatic rings. The molecule has 5 nitrogen and oxygen atoms in total. The van der Waals surface area contributed by atoms with E-state index in [1.807, 2.05) is 19.9 Å². The third-order valence-corrected chi connectivity index (χ3v) is 4.56. The molecule has 2 aromatic heterocycles. The van der Waals surface area contributed by atoms with Crippen LogP contribution >= 0.6 is 0 Å². The predicted molar refractivity (Wildman–Crippen MR) is 116 cm³/mol. The molecule has 0 bridgehead atoms. The molecule has 0 spiro atoms. The highest BCUT2D eigenvalue weighted by atomic mass is 19.1. The summed E-state index contributed by atoms with van der Waals surface area (Å²) in [7, 11) is 3.45. The highest BCUT2D eigenvalue weighted by Crippen LogP contribution is 2.38. The third kappa shape index (κ3) is 3.91. The highest BCUT2D eigenvalue weighted by molar-refractivity contribution is 5.95. The molecule has 0 fully saturated rings. The van der Waals surface area contributed by atoms with E-state index < -0.39 is 11.6 Å². The number of rotatable bonds is 4. The zero-order chi connectivity index (χ0) is 21.8. The molecule has 2 aromatic carbocycles. The first-order chi connectivity index (χ1) is 14.5. The summed E-state index contributed by atoms with van der Waals surface area (Å²) in [5, 5.41) is 3.59. The van der Waals surface area contributed by atoms with Crippen molar-refractivity contribution in [3.05, 3.63) is 76.8 Å². The molecule has 2 heterocycles. The molecule has 0 aliphatic heterocycles. The van der Waals surface area contributed by atoms with Gasteiger partial charge in [0.2, 0.25) is 0 Å². The van der Waals surface area contributed by atoms with Gasteiger partial charge in [0.1, 0.15) is 11.6 Å². The Morgan fingerprint density at radius 1 is 1.00 bits per heavy atom. The molecular formula is C23H23F2N3O2. The normalized spacial score (nSPS) is 10.5. The van der Waals surface area contributed by atoms with Gasteiger partial charge in [-0.2, -0.15) is 0 Å². The van der Waals surface area contributed by atoms with E-state index in [-0.39, 0.29) is 11.3 Å². The molecule has 0 unspecified atom stereocenters. The number of hydrogen-bond acceptors (Lipinski definition) is 3.